The van der Waals surface area contributed by atoms with Gasteiger partial charge < -0.3 is 10.5 Å². The van der Waals surface area contributed by atoms with Crippen molar-refractivity contribution in [1.82, 2.24) is 0 Å². The zero-order chi connectivity index (χ0) is 13.8. The van der Waals surface area contributed by atoms with Gasteiger partial charge in [0.15, 0.2) is 0 Å². The van der Waals surface area contributed by atoms with Crippen molar-refractivity contribution in [2.45, 2.75) is 13.5 Å². The van der Waals surface area contributed by atoms with Gasteiger partial charge >= 0.3 is 0 Å². The number of benzene rings is 2. The van der Waals surface area contributed by atoms with Crippen molar-refractivity contribution in [3.8, 4) is 5.75 Å². The average molecular weight is 275 g/mol. The molecule has 0 unspecified atom stereocenters. The zero-order valence-electron chi connectivity index (χ0n) is 10.5. The van der Waals surface area contributed by atoms with Crippen LogP contribution in [0.5, 0.6) is 5.75 Å². The fourth-order valence-electron chi connectivity index (χ4n) is 1.79. The Morgan fingerprint density at radius 2 is 2.05 bits per heavy atom. The van der Waals surface area contributed by atoms with E-state index in [-0.39, 0.29) is 17.4 Å². The Morgan fingerprint density at radius 1 is 1.26 bits per heavy atom. The summed E-state index contributed by atoms with van der Waals surface area (Å²) in [6, 6.07) is 12.0. The van der Waals surface area contributed by atoms with Gasteiger partial charge in [-0.15, -0.1) is 0 Å². The number of rotatable bonds is 4. The minimum Gasteiger partial charge on any atom is -0.489 e. The molecule has 0 aliphatic rings. The standard InChI is InChI=1S/C15H14FNOS/c1-10-3-2-4-13(7-10)18-9-11-8-12(16)5-6-14(11)15(17)19/h2-8H,9H2,1H3,(H2,17,19). The van der Waals surface area contributed by atoms with Crippen LogP contribution in [0.15, 0.2) is 42.5 Å². The molecule has 0 radical (unpaired) electrons. The first-order chi connectivity index (χ1) is 9.06. The van der Waals surface area contributed by atoms with Gasteiger partial charge in [-0.3, -0.25) is 0 Å². The zero-order valence-corrected chi connectivity index (χ0v) is 11.3. The molecule has 0 saturated carbocycles. The van der Waals surface area contributed by atoms with Crippen molar-refractivity contribution >= 4 is 17.2 Å². The molecule has 0 saturated heterocycles. The quantitative estimate of drug-likeness (QED) is 0.869. The monoisotopic (exact) mass is 275 g/mol. The Hall–Kier alpha value is -1.94. The summed E-state index contributed by atoms with van der Waals surface area (Å²) in [7, 11) is 0. The lowest BCUT2D eigenvalue weighted by Crippen LogP contribution is -2.13. The normalized spacial score (nSPS) is 10.2. The molecule has 0 spiro atoms. The molecule has 0 bridgehead atoms. The number of ether oxygens (including phenoxy) is 1. The number of hydrogen-bond acceptors (Lipinski definition) is 2. The molecular weight excluding hydrogens is 261 g/mol. The van der Waals surface area contributed by atoms with Crippen LogP contribution in [0.2, 0.25) is 0 Å². The van der Waals surface area contributed by atoms with Gasteiger partial charge in [-0.25, -0.2) is 4.39 Å². The van der Waals surface area contributed by atoms with Gasteiger partial charge in [0.05, 0.1) is 0 Å². The lowest BCUT2D eigenvalue weighted by atomic mass is 10.1. The van der Waals surface area contributed by atoms with E-state index in [4.69, 9.17) is 22.7 Å². The number of halogens is 1. The summed E-state index contributed by atoms with van der Waals surface area (Å²) in [4.78, 5) is 0.239. The van der Waals surface area contributed by atoms with Crippen LogP contribution in [-0.2, 0) is 6.61 Å². The Bertz CT molecular complexity index is 613. The molecule has 4 heteroatoms. The highest BCUT2D eigenvalue weighted by atomic mass is 32.1. The van der Waals surface area contributed by atoms with Crippen LogP contribution in [0.4, 0.5) is 4.39 Å². The van der Waals surface area contributed by atoms with Crippen molar-refractivity contribution in [3.63, 3.8) is 0 Å². The summed E-state index contributed by atoms with van der Waals surface area (Å²) < 4.78 is 18.9. The Morgan fingerprint density at radius 3 is 2.74 bits per heavy atom. The van der Waals surface area contributed by atoms with Gasteiger partial charge in [-0.05, 0) is 42.8 Å². The maximum Gasteiger partial charge on any atom is 0.123 e. The molecule has 0 aliphatic heterocycles. The van der Waals surface area contributed by atoms with Crippen molar-refractivity contribution in [1.29, 1.82) is 0 Å². The first-order valence-corrected chi connectivity index (χ1v) is 6.25. The van der Waals surface area contributed by atoms with Crippen molar-refractivity contribution in [3.05, 3.63) is 65.0 Å². The molecule has 0 aromatic heterocycles. The highest BCUT2D eigenvalue weighted by Crippen LogP contribution is 2.17. The second-order valence-corrected chi connectivity index (χ2v) is 4.71. The van der Waals surface area contributed by atoms with Gasteiger partial charge in [0.2, 0.25) is 0 Å². The van der Waals surface area contributed by atoms with Crippen LogP contribution >= 0.6 is 12.2 Å². The largest absolute Gasteiger partial charge is 0.489 e. The molecule has 19 heavy (non-hydrogen) atoms. The third-order valence-corrected chi connectivity index (χ3v) is 2.94. The molecule has 98 valence electrons. The molecule has 2 N–H and O–H groups in total. The van der Waals surface area contributed by atoms with Crippen molar-refractivity contribution in [2.75, 3.05) is 0 Å². The molecule has 0 fully saturated rings. The highest BCUT2D eigenvalue weighted by Gasteiger charge is 2.07. The topological polar surface area (TPSA) is 35.2 Å². The third kappa shape index (κ3) is 3.51. The van der Waals surface area contributed by atoms with E-state index in [0.29, 0.717) is 11.1 Å². The van der Waals surface area contributed by atoms with Gasteiger partial charge in [-0.1, -0.05) is 24.4 Å². The summed E-state index contributed by atoms with van der Waals surface area (Å²) in [6.07, 6.45) is 0. The van der Waals surface area contributed by atoms with Crippen LogP contribution in [0.3, 0.4) is 0 Å². The average Bonchev–Trinajstić information content (AvgIpc) is 2.36. The van der Waals surface area contributed by atoms with E-state index >= 15 is 0 Å². The first-order valence-electron chi connectivity index (χ1n) is 5.84. The molecule has 2 rings (SSSR count). The van der Waals surface area contributed by atoms with Gasteiger partial charge in [0.1, 0.15) is 23.2 Å². The number of thiocarbonyl (C=S) groups is 1. The predicted octanol–water partition coefficient (Wildman–Crippen LogP) is 3.35. The van der Waals surface area contributed by atoms with E-state index in [1.54, 1.807) is 6.07 Å². The number of hydrogen-bond donors (Lipinski definition) is 1. The van der Waals surface area contributed by atoms with Crippen LogP contribution in [0.1, 0.15) is 16.7 Å². The first kappa shape index (κ1) is 13.5. The Balaban J connectivity index is 2.19. The van der Waals surface area contributed by atoms with E-state index in [1.165, 1.54) is 12.1 Å². The van der Waals surface area contributed by atoms with Gasteiger partial charge in [0.25, 0.3) is 0 Å². The van der Waals surface area contributed by atoms with Crippen LogP contribution in [0, 0.1) is 12.7 Å². The second-order valence-electron chi connectivity index (χ2n) is 4.27. The second kappa shape index (κ2) is 5.80. The number of aryl methyl sites for hydroxylation is 1. The molecule has 2 nitrogen and oxygen atoms in total. The Kier molecular flexibility index (Phi) is 4.12. The summed E-state index contributed by atoms with van der Waals surface area (Å²) in [6.45, 7) is 2.21. The number of nitrogens with two attached hydrogens (primary N) is 1. The third-order valence-electron chi connectivity index (χ3n) is 2.72. The molecule has 0 amide bonds. The summed E-state index contributed by atoms with van der Waals surface area (Å²) in [5.74, 6) is 0.404. The summed E-state index contributed by atoms with van der Waals surface area (Å²) in [5.41, 5.74) is 8.00. The molecular formula is C15H14FNOS. The highest BCUT2D eigenvalue weighted by molar-refractivity contribution is 7.80. The molecule has 0 atom stereocenters. The molecule has 2 aromatic carbocycles. The maximum absolute atomic E-state index is 13.3. The molecule has 2 aromatic rings. The van der Waals surface area contributed by atoms with Crippen molar-refractivity contribution < 1.29 is 9.13 Å². The van der Waals surface area contributed by atoms with E-state index < -0.39 is 0 Å². The fraction of sp³-hybridized carbons (Fsp3) is 0.133. The van der Waals surface area contributed by atoms with E-state index in [0.717, 1.165) is 11.3 Å². The smallest absolute Gasteiger partial charge is 0.123 e. The van der Waals surface area contributed by atoms with Crippen LogP contribution in [0.25, 0.3) is 0 Å². The fourth-order valence-corrected chi connectivity index (χ4v) is 1.99. The van der Waals surface area contributed by atoms with Crippen LogP contribution < -0.4 is 10.5 Å². The molecule has 0 heterocycles. The summed E-state index contributed by atoms with van der Waals surface area (Å²) in [5, 5.41) is 0. The SMILES string of the molecule is Cc1cccc(OCc2cc(F)ccc2C(N)=S)c1. The van der Waals surface area contributed by atoms with Gasteiger partial charge in [-0.2, -0.15) is 0 Å². The van der Waals surface area contributed by atoms with E-state index in [1.807, 2.05) is 31.2 Å². The predicted molar refractivity (Wildman–Crippen MR) is 77.8 cm³/mol. The van der Waals surface area contributed by atoms with Crippen molar-refractivity contribution in [2.24, 2.45) is 5.73 Å². The lowest BCUT2D eigenvalue weighted by molar-refractivity contribution is 0.305. The maximum atomic E-state index is 13.3. The van der Waals surface area contributed by atoms with E-state index in [9.17, 15) is 4.39 Å². The minimum absolute atomic E-state index is 0.230. The lowest BCUT2D eigenvalue weighted by Gasteiger charge is -2.11. The van der Waals surface area contributed by atoms with E-state index in [2.05, 4.69) is 0 Å². The minimum atomic E-state index is -0.331. The van der Waals surface area contributed by atoms with Crippen LogP contribution in [-0.4, -0.2) is 4.99 Å². The summed E-state index contributed by atoms with van der Waals surface area (Å²) >= 11 is 4.94. The van der Waals surface area contributed by atoms with Gasteiger partial charge in [0, 0.05) is 11.1 Å². The Labute approximate surface area is 117 Å². The molecule has 0 aliphatic carbocycles.